The van der Waals surface area contributed by atoms with Crippen molar-refractivity contribution in [1.29, 1.82) is 0 Å². The predicted molar refractivity (Wildman–Crippen MR) is 98.9 cm³/mol. The Morgan fingerprint density at radius 2 is 2.00 bits per heavy atom. The molecule has 4 amide bonds. The Balaban J connectivity index is 1.35. The number of carbonyl (C=O) groups excluding carboxylic acids is 3. The standard InChI is InChI=1S/C19H26N4O3/c1-19(2)17(25)23(18(26)21-19)13-9-16(24)20-10-5-11-22-12-8-14-6-3-4-7-15(14)22/h3-4,6-7H,5,8-13H2,1-2H3,(H,20,24)(H,21,26). The number of amides is 4. The van der Waals surface area contributed by atoms with Crippen LogP contribution in [-0.4, -0.2) is 54.5 Å². The van der Waals surface area contributed by atoms with Gasteiger partial charge in [-0.1, -0.05) is 18.2 Å². The Hall–Kier alpha value is -2.57. The summed E-state index contributed by atoms with van der Waals surface area (Å²) >= 11 is 0. The number of carbonyl (C=O) groups is 3. The first-order valence-corrected chi connectivity index (χ1v) is 9.12. The molecular formula is C19H26N4O3. The van der Waals surface area contributed by atoms with Gasteiger partial charge in [0.1, 0.15) is 5.54 Å². The zero-order valence-corrected chi connectivity index (χ0v) is 15.4. The van der Waals surface area contributed by atoms with Gasteiger partial charge in [-0.2, -0.15) is 0 Å². The number of nitrogens with one attached hydrogen (secondary N) is 2. The summed E-state index contributed by atoms with van der Waals surface area (Å²) in [7, 11) is 0. The van der Waals surface area contributed by atoms with E-state index in [4.69, 9.17) is 0 Å². The molecule has 0 unspecified atom stereocenters. The second-order valence-corrected chi connectivity index (χ2v) is 7.33. The zero-order chi connectivity index (χ0) is 18.7. The highest BCUT2D eigenvalue weighted by atomic mass is 16.2. The number of hydrogen-bond donors (Lipinski definition) is 2. The van der Waals surface area contributed by atoms with Gasteiger partial charge in [0, 0.05) is 38.3 Å². The molecule has 140 valence electrons. The van der Waals surface area contributed by atoms with Crippen molar-refractivity contribution in [3.05, 3.63) is 29.8 Å². The maximum absolute atomic E-state index is 12.1. The molecule has 1 aromatic carbocycles. The number of imide groups is 1. The molecule has 2 aliphatic rings. The lowest BCUT2D eigenvalue weighted by Gasteiger charge is -2.19. The molecular weight excluding hydrogens is 332 g/mol. The molecule has 2 aliphatic heterocycles. The number of urea groups is 1. The topological polar surface area (TPSA) is 81.8 Å². The number of fused-ring (bicyclic) bond motifs is 1. The molecule has 1 aromatic rings. The van der Waals surface area contributed by atoms with Gasteiger partial charge in [-0.25, -0.2) is 4.79 Å². The quantitative estimate of drug-likeness (QED) is 0.568. The molecule has 0 bridgehead atoms. The van der Waals surface area contributed by atoms with Crippen LogP contribution in [0.2, 0.25) is 0 Å². The summed E-state index contributed by atoms with van der Waals surface area (Å²) < 4.78 is 0. The Morgan fingerprint density at radius 3 is 2.73 bits per heavy atom. The van der Waals surface area contributed by atoms with Gasteiger partial charge >= 0.3 is 6.03 Å². The van der Waals surface area contributed by atoms with E-state index in [2.05, 4.69) is 39.8 Å². The van der Waals surface area contributed by atoms with Crippen molar-refractivity contribution in [2.45, 2.75) is 38.6 Å². The summed E-state index contributed by atoms with van der Waals surface area (Å²) in [6.07, 6.45) is 2.06. The number of para-hydroxylation sites is 1. The SMILES string of the molecule is CC1(C)NC(=O)N(CCC(=O)NCCCN2CCc3ccccc32)C1=O. The molecule has 3 rings (SSSR count). The molecule has 1 saturated heterocycles. The van der Waals surface area contributed by atoms with E-state index in [1.807, 2.05) is 0 Å². The third-order valence-electron chi connectivity index (χ3n) is 4.92. The lowest BCUT2D eigenvalue weighted by Crippen LogP contribution is -2.40. The number of anilines is 1. The minimum Gasteiger partial charge on any atom is -0.371 e. The van der Waals surface area contributed by atoms with Crippen molar-refractivity contribution in [1.82, 2.24) is 15.5 Å². The number of nitrogens with zero attached hydrogens (tertiary/aromatic N) is 2. The van der Waals surface area contributed by atoms with Gasteiger partial charge < -0.3 is 15.5 Å². The predicted octanol–water partition coefficient (Wildman–Crippen LogP) is 1.28. The monoisotopic (exact) mass is 358 g/mol. The molecule has 0 atom stereocenters. The fourth-order valence-corrected chi connectivity index (χ4v) is 3.46. The summed E-state index contributed by atoms with van der Waals surface area (Å²) in [5.41, 5.74) is 1.78. The Morgan fingerprint density at radius 1 is 1.23 bits per heavy atom. The maximum Gasteiger partial charge on any atom is 0.325 e. The number of hydrogen-bond acceptors (Lipinski definition) is 4. The zero-order valence-electron chi connectivity index (χ0n) is 15.4. The number of benzene rings is 1. The van der Waals surface area contributed by atoms with Crippen molar-refractivity contribution in [2.75, 3.05) is 31.1 Å². The second kappa shape index (κ2) is 7.35. The van der Waals surface area contributed by atoms with E-state index >= 15 is 0 Å². The van der Waals surface area contributed by atoms with Crippen LogP contribution in [0.25, 0.3) is 0 Å². The van der Waals surface area contributed by atoms with Crippen molar-refractivity contribution in [3.8, 4) is 0 Å². The Labute approximate surface area is 153 Å². The van der Waals surface area contributed by atoms with Crippen molar-refractivity contribution < 1.29 is 14.4 Å². The van der Waals surface area contributed by atoms with Crippen LogP contribution in [0.4, 0.5) is 10.5 Å². The van der Waals surface area contributed by atoms with Crippen LogP contribution in [0.1, 0.15) is 32.3 Å². The van der Waals surface area contributed by atoms with Gasteiger partial charge in [-0.05, 0) is 38.3 Å². The van der Waals surface area contributed by atoms with Crippen LogP contribution in [0, 0.1) is 0 Å². The third kappa shape index (κ3) is 3.81. The molecule has 7 heteroatoms. The lowest BCUT2D eigenvalue weighted by molar-refractivity contribution is -0.130. The van der Waals surface area contributed by atoms with Gasteiger partial charge in [-0.3, -0.25) is 14.5 Å². The highest BCUT2D eigenvalue weighted by molar-refractivity contribution is 6.06. The summed E-state index contributed by atoms with van der Waals surface area (Å²) in [6, 6.07) is 7.99. The van der Waals surface area contributed by atoms with Crippen LogP contribution in [0.15, 0.2) is 24.3 Å². The van der Waals surface area contributed by atoms with Gasteiger partial charge in [0.2, 0.25) is 5.91 Å². The van der Waals surface area contributed by atoms with Crippen LogP contribution in [0.5, 0.6) is 0 Å². The van der Waals surface area contributed by atoms with Crippen molar-refractivity contribution >= 4 is 23.5 Å². The highest BCUT2D eigenvalue weighted by Gasteiger charge is 2.43. The molecule has 0 radical (unpaired) electrons. The van der Waals surface area contributed by atoms with E-state index in [-0.39, 0.29) is 24.8 Å². The smallest absolute Gasteiger partial charge is 0.325 e. The van der Waals surface area contributed by atoms with Gasteiger partial charge in [-0.15, -0.1) is 0 Å². The van der Waals surface area contributed by atoms with E-state index in [1.165, 1.54) is 11.3 Å². The van der Waals surface area contributed by atoms with Crippen LogP contribution < -0.4 is 15.5 Å². The lowest BCUT2D eigenvalue weighted by atomic mass is 10.1. The average molecular weight is 358 g/mol. The highest BCUT2D eigenvalue weighted by Crippen LogP contribution is 2.27. The Kier molecular flexibility index (Phi) is 5.15. The molecule has 7 nitrogen and oxygen atoms in total. The van der Waals surface area contributed by atoms with Crippen molar-refractivity contribution in [3.63, 3.8) is 0 Å². The molecule has 1 fully saturated rings. The van der Waals surface area contributed by atoms with E-state index in [9.17, 15) is 14.4 Å². The fourth-order valence-electron chi connectivity index (χ4n) is 3.46. The molecule has 26 heavy (non-hydrogen) atoms. The summed E-state index contributed by atoms with van der Waals surface area (Å²) in [6.45, 7) is 5.93. The minimum absolute atomic E-state index is 0.111. The largest absolute Gasteiger partial charge is 0.371 e. The molecule has 0 saturated carbocycles. The van der Waals surface area contributed by atoms with Crippen LogP contribution >= 0.6 is 0 Å². The number of rotatable bonds is 7. The van der Waals surface area contributed by atoms with Crippen LogP contribution in [0.3, 0.4) is 0 Å². The van der Waals surface area contributed by atoms with Gasteiger partial charge in [0.15, 0.2) is 0 Å². The molecule has 0 spiro atoms. The third-order valence-corrected chi connectivity index (χ3v) is 4.92. The minimum atomic E-state index is -0.889. The van der Waals surface area contributed by atoms with Gasteiger partial charge in [0.05, 0.1) is 0 Å². The Bertz CT molecular complexity index is 716. The first-order chi connectivity index (χ1) is 12.4. The van der Waals surface area contributed by atoms with Crippen molar-refractivity contribution in [2.24, 2.45) is 0 Å². The van der Waals surface area contributed by atoms with Crippen LogP contribution in [-0.2, 0) is 16.0 Å². The summed E-state index contributed by atoms with van der Waals surface area (Å²) in [4.78, 5) is 39.3. The maximum atomic E-state index is 12.1. The van der Waals surface area contributed by atoms with Gasteiger partial charge in [0.25, 0.3) is 5.91 Å². The average Bonchev–Trinajstić information content (AvgIpc) is 3.09. The van der Waals surface area contributed by atoms with E-state index < -0.39 is 11.6 Å². The van der Waals surface area contributed by atoms with E-state index in [0.717, 1.165) is 30.8 Å². The second-order valence-electron chi connectivity index (χ2n) is 7.33. The molecule has 2 heterocycles. The van der Waals surface area contributed by atoms with E-state index in [1.54, 1.807) is 13.8 Å². The first kappa shape index (κ1) is 18.2. The van der Waals surface area contributed by atoms with E-state index in [0.29, 0.717) is 6.54 Å². The first-order valence-electron chi connectivity index (χ1n) is 9.12. The summed E-state index contributed by atoms with van der Waals surface area (Å²) in [5.74, 6) is -0.430. The normalized spacial score (nSPS) is 18.1. The molecule has 0 aliphatic carbocycles. The molecule has 2 N–H and O–H groups in total. The fraction of sp³-hybridized carbons (Fsp3) is 0.526. The summed E-state index contributed by atoms with van der Waals surface area (Å²) in [5, 5.41) is 5.48. The molecule has 0 aromatic heterocycles.